The van der Waals surface area contributed by atoms with Crippen LogP contribution in [0.25, 0.3) is 0 Å². The summed E-state index contributed by atoms with van der Waals surface area (Å²) in [4.78, 5) is 16.3. The van der Waals surface area contributed by atoms with Crippen LogP contribution < -0.4 is 10.6 Å². The Bertz CT molecular complexity index is 476. The molecule has 1 aromatic heterocycles. The summed E-state index contributed by atoms with van der Waals surface area (Å²) in [6.45, 7) is 4.19. The number of hydrogen-bond acceptors (Lipinski definition) is 4. The van der Waals surface area contributed by atoms with E-state index >= 15 is 0 Å². The molecule has 5 nitrogen and oxygen atoms in total. The van der Waals surface area contributed by atoms with Crippen LogP contribution in [0.3, 0.4) is 0 Å². The van der Waals surface area contributed by atoms with Crippen molar-refractivity contribution in [3.05, 3.63) is 22.8 Å². The first-order valence-electron chi connectivity index (χ1n) is 7.50. The number of nitrogens with one attached hydrogen (secondary N) is 2. The van der Waals surface area contributed by atoms with Crippen molar-refractivity contribution in [3.8, 4) is 0 Å². The zero-order valence-corrected chi connectivity index (χ0v) is 13.1. The minimum atomic E-state index is -0.166. The van der Waals surface area contributed by atoms with Crippen LogP contribution in [-0.2, 0) is 4.74 Å². The highest BCUT2D eigenvalue weighted by Crippen LogP contribution is 2.20. The molecule has 2 heterocycles. The molecule has 0 spiro atoms. The van der Waals surface area contributed by atoms with E-state index in [1.165, 1.54) is 0 Å². The van der Waals surface area contributed by atoms with Gasteiger partial charge >= 0.3 is 0 Å². The van der Waals surface area contributed by atoms with Gasteiger partial charge in [-0.05, 0) is 31.7 Å². The Hall–Kier alpha value is -1.33. The van der Waals surface area contributed by atoms with Crippen molar-refractivity contribution in [3.63, 3.8) is 0 Å². The van der Waals surface area contributed by atoms with E-state index in [2.05, 4.69) is 22.5 Å². The Balaban J connectivity index is 1.88. The van der Waals surface area contributed by atoms with E-state index in [4.69, 9.17) is 16.3 Å². The molecule has 116 valence electrons. The topological polar surface area (TPSA) is 63.2 Å². The molecule has 2 N–H and O–H groups in total. The molecule has 6 heteroatoms. The van der Waals surface area contributed by atoms with E-state index in [0.29, 0.717) is 22.9 Å². The van der Waals surface area contributed by atoms with Gasteiger partial charge in [-0.3, -0.25) is 4.79 Å². The molecule has 2 rings (SSSR count). The molecule has 0 bridgehead atoms. The summed E-state index contributed by atoms with van der Waals surface area (Å²) >= 11 is 6.13. The van der Waals surface area contributed by atoms with Crippen LogP contribution in [-0.4, -0.2) is 36.7 Å². The molecule has 0 aromatic carbocycles. The number of carbonyl (C=O) groups excluding carboxylic acids is 1. The van der Waals surface area contributed by atoms with Gasteiger partial charge in [-0.15, -0.1) is 0 Å². The fraction of sp³-hybridized carbons (Fsp3) is 0.600. The van der Waals surface area contributed by atoms with Gasteiger partial charge in [0.25, 0.3) is 5.91 Å². The minimum absolute atomic E-state index is 0.122. The number of rotatable bonds is 6. The van der Waals surface area contributed by atoms with Crippen molar-refractivity contribution in [2.45, 2.75) is 38.7 Å². The predicted octanol–water partition coefficient (Wildman–Crippen LogP) is 2.86. The molecule has 0 aliphatic carbocycles. The van der Waals surface area contributed by atoms with E-state index in [-0.39, 0.29) is 12.0 Å². The van der Waals surface area contributed by atoms with E-state index in [9.17, 15) is 4.79 Å². The van der Waals surface area contributed by atoms with Crippen molar-refractivity contribution in [1.82, 2.24) is 10.3 Å². The van der Waals surface area contributed by atoms with Crippen molar-refractivity contribution >= 4 is 23.3 Å². The third-order valence-electron chi connectivity index (χ3n) is 3.41. The van der Waals surface area contributed by atoms with Crippen LogP contribution in [0.5, 0.6) is 0 Å². The van der Waals surface area contributed by atoms with Crippen LogP contribution in [0.2, 0.25) is 5.02 Å². The van der Waals surface area contributed by atoms with E-state index < -0.39 is 0 Å². The molecule has 1 aromatic rings. The Morgan fingerprint density at radius 2 is 2.38 bits per heavy atom. The quantitative estimate of drug-likeness (QED) is 0.848. The number of amides is 1. The molecule has 21 heavy (non-hydrogen) atoms. The minimum Gasteiger partial charge on any atom is -0.376 e. The lowest BCUT2D eigenvalue weighted by Crippen LogP contribution is -2.35. The van der Waals surface area contributed by atoms with Gasteiger partial charge in [-0.1, -0.05) is 18.5 Å². The molecule has 1 saturated heterocycles. The van der Waals surface area contributed by atoms with Crippen molar-refractivity contribution in [2.75, 3.05) is 25.0 Å². The van der Waals surface area contributed by atoms with Gasteiger partial charge in [-0.25, -0.2) is 4.98 Å². The van der Waals surface area contributed by atoms with E-state index in [1.54, 1.807) is 12.3 Å². The van der Waals surface area contributed by atoms with Gasteiger partial charge < -0.3 is 15.4 Å². The van der Waals surface area contributed by atoms with Crippen LogP contribution in [0.15, 0.2) is 12.3 Å². The molecular formula is C15H22ClN3O2. The fourth-order valence-corrected chi connectivity index (χ4v) is 2.45. The number of carbonyl (C=O) groups is 1. The Morgan fingerprint density at radius 3 is 3.05 bits per heavy atom. The molecule has 1 atom stereocenters. The average Bonchev–Trinajstić information content (AvgIpc) is 2.52. The summed E-state index contributed by atoms with van der Waals surface area (Å²) in [6, 6.07) is 1.64. The third-order valence-corrected chi connectivity index (χ3v) is 3.70. The molecule has 1 amide bonds. The van der Waals surface area contributed by atoms with Crippen LogP contribution in [0, 0.1) is 0 Å². The molecule has 1 unspecified atom stereocenters. The van der Waals surface area contributed by atoms with Gasteiger partial charge in [-0.2, -0.15) is 0 Å². The van der Waals surface area contributed by atoms with E-state index in [0.717, 1.165) is 38.8 Å². The Labute approximate surface area is 130 Å². The number of pyridine rings is 1. The smallest absolute Gasteiger partial charge is 0.252 e. The molecule has 1 aliphatic rings. The first-order valence-corrected chi connectivity index (χ1v) is 7.87. The summed E-state index contributed by atoms with van der Waals surface area (Å²) in [5.74, 6) is 0.450. The number of nitrogens with zero attached hydrogens (tertiary/aromatic N) is 1. The summed E-state index contributed by atoms with van der Waals surface area (Å²) in [6.07, 6.45) is 5.92. The van der Waals surface area contributed by atoms with Gasteiger partial charge in [0.1, 0.15) is 5.82 Å². The Kier molecular flexibility index (Phi) is 6.26. The van der Waals surface area contributed by atoms with Gasteiger partial charge in [0.05, 0.1) is 16.7 Å². The van der Waals surface area contributed by atoms with Crippen LogP contribution in [0.1, 0.15) is 43.0 Å². The highest BCUT2D eigenvalue weighted by atomic mass is 35.5. The summed E-state index contributed by atoms with van der Waals surface area (Å²) in [5, 5.41) is 6.46. The van der Waals surface area contributed by atoms with Crippen molar-refractivity contribution < 1.29 is 9.53 Å². The number of ether oxygens (including phenoxy) is 1. The maximum absolute atomic E-state index is 12.1. The normalized spacial score (nSPS) is 18.3. The summed E-state index contributed by atoms with van der Waals surface area (Å²) in [5.41, 5.74) is 0.470. The largest absolute Gasteiger partial charge is 0.376 e. The number of halogens is 1. The fourth-order valence-electron chi connectivity index (χ4n) is 2.21. The maximum atomic E-state index is 12.1. The standard InChI is InChI=1S/C15H22ClN3O2/c1-2-6-17-14-13(16)8-11(9-18-14)15(20)19-10-12-5-3-4-7-21-12/h8-9,12H,2-7,10H2,1H3,(H,17,18)(H,19,20). The maximum Gasteiger partial charge on any atom is 0.252 e. The number of aromatic nitrogens is 1. The lowest BCUT2D eigenvalue weighted by molar-refractivity contribution is 0.0169. The second-order valence-corrected chi connectivity index (χ2v) is 5.59. The first-order chi connectivity index (χ1) is 10.2. The van der Waals surface area contributed by atoms with Crippen LogP contribution in [0.4, 0.5) is 5.82 Å². The van der Waals surface area contributed by atoms with Gasteiger partial charge in [0, 0.05) is 25.9 Å². The molecular weight excluding hydrogens is 290 g/mol. The monoisotopic (exact) mass is 311 g/mol. The second-order valence-electron chi connectivity index (χ2n) is 5.18. The van der Waals surface area contributed by atoms with Crippen molar-refractivity contribution in [1.29, 1.82) is 0 Å². The zero-order valence-electron chi connectivity index (χ0n) is 12.3. The van der Waals surface area contributed by atoms with Crippen molar-refractivity contribution in [2.24, 2.45) is 0 Å². The summed E-state index contributed by atoms with van der Waals surface area (Å²) in [7, 11) is 0. The van der Waals surface area contributed by atoms with Crippen LogP contribution >= 0.6 is 11.6 Å². The SMILES string of the molecule is CCCNc1ncc(C(=O)NCC2CCCCO2)cc1Cl. The summed E-state index contributed by atoms with van der Waals surface area (Å²) < 4.78 is 5.58. The predicted molar refractivity (Wildman–Crippen MR) is 84.0 cm³/mol. The first kappa shape index (κ1) is 16.0. The lowest BCUT2D eigenvalue weighted by atomic mass is 10.1. The molecule has 0 saturated carbocycles. The second kappa shape index (κ2) is 8.20. The molecule has 0 radical (unpaired) electrons. The molecule has 1 aliphatic heterocycles. The molecule has 1 fully saturated rings. The van der Waals surface area contributed by atoms with E-state index in [1.807, 2.05) is 0 Å². The number of hydrogen-bond donors (Lipinski definition) is 2. The van der Waals surface area contributed by atoms with Gasteiger partial charge in [0.15, 0.2) is 0 Å². The number of anilines is 1. The zero-order chi connectivity index (χ0) is 15.1. The van der Waals surface area contributed by atoms with Gasteiger partial charge in [0.2, 0.25) is 0 Å². The average molecular weight is 312 g/mol. The highest BCUT2D eigenvalue weighted by Gasteiger charge is 2.16. The Morgan fingerprint density at radius 1 is 1.52 bits per heavy atom. The highest BCUT2D eigenvalue weighted by molar-refractivity contribution is 6.33. The lowest BCUT2D eigenvalue weighted by Gasteiger charge is -2.22. The third kappa shape index (κ3) is 4.86.